The summed E-state index contributed by atoms with van der Waals surface area (Å²) >= 11 is 0. The number of nitrogens with zero attached hydrogens (tertiary/aromatic N) is 1. The molecule has 4 atom stereocenters. The molecular weight excluding hydrogens is 375 g/mol. The van der Waals surface area contributed by atoms with Crippen molar-refractivity contribution >= 4 is 17.8 Å². The lowest BCUT2D eigenvalue weighted by molar-refractivity contribution is -0.156. The number of hydrogen-bond donors (Lipinski definition) is 1. The fourth-order valence-electron chi connectivity index (χ4n) is 4.52. The van der Waals surface area contributed by atoms with E-state index in [0.29, 0.717) is 11.1 Å². The van der Waals surface area contributed by atoms with Crippen LogP contribution in [-0.4, -0.2) is 36.3 Å². The molecule has 2 fully saturated rings. The van der Waals surface area contributed by atoms with E-state index in [9.17, 15) is 18.8 Å². The molecule has 29 heavy (non-hydrogen) atoms. The lowest BCUT2D eigenvalue weighted by Crippen LogP contribution is -2.53. The van der Waals surface area contributed by atoms with Crippen LogP contribution >= 0.6 is 0 Å². The maximum absolute atomic E-state index is 13.5. The predicted octanol–water partition coefficient (Wildman–Crippen LogP) is 2.16. The zero-order chi connectivity index (χ0) is 20.8. The van der Waals surface area contributed by atoms with Crippen LogP contribution in [0.25, 0.3) is 0 Å². The summed E-state index contributed by atoms with van der Waals surface area (Å²) in [6.07, 6.45) is 0. The quantitative estimate of drug-likeness (QED) is 0.633. The number of ether oxygens (including phenoxy) is 1. The number of carbonyl (C=O) groups excluding carboxylic acids is 3. The number of esters is 1. The summed E-state index contributed by atoms with van der Waals surface area (Å²) in [5.41, 5.74) is -0.340. The van der Waals surface area contributed by atoms with E-state index in [-0.39, 0.29) is 12.5 Å². The molecule has 1 N–H and O–H groups in total. The van der Waals surface area contributed by atoms with Gasteiger partial charge in [-0.05, 0) is 30.2 Å². The third kappa shape index (κ3) is 2.76. The molecule has 150 valence electrons. The predicted molar refractivity (Wildman–Crippen MR) is 102 cm³/mol. The minimum absolute atomic E-state index is 0.131. The van der Waals surface area contributed by atoms with Gasteiger partial charge >= 0.3 is 5.97 Å². The molecule has 2 aliphatic heterocycles. The number of imide groups is 1. The molecule has 7 heteroatoms. The minimum atomic E-state index is -1.52. The van der Waals surface area contributed by atoms with Crippen LogP contribution < -0.4 is 5.32 Å². The molecule has 2 amide bonds. The zero-order valence-electron chi connectivity index (χ0n) is 16.1. The number of halogens is 1. The normalized spacial score (nSPS) is 28.5. The Morgan fingerprint density at radius 1 is 1.10 bits per heavy atom. The number of benzene rings is 2. The highest BCUT2D eigenvalue weighted by atomic mass is 19.1. The van der Waals surface area contributed by atoms with Gasteiger partial charge in [0.25, 0.3) is 0 Å². The van der Waals surface area contributed by atoms with E-state index in [1.807, 2.05) is 0 Å². The molecule has 2 aliphatic rings. The number of carbonyl (C=O) groups is 3. The highest BCUT2D eigenvalue weighted by molar-refractivity contribution is 6.09. The monoisotopic (exact) mass is 396 g/mol. The van der Waals surface area contributed by atoms with E-state index >= 15 is 0 Å². The number of fused-ring (bicyclic) bond motifs is 1. The van der Waals surface area contributed by atoms with Gasteiger partial charge in [0.05, 0.1) is 18.4 Å². The molecular formula is C22H21FN2O4. The van der Waals surface area contributed by atoms with Crippen molar-refractivity contribution in [1.29, 1.82) is 0 Å². The van der Waals surface area contributed by atoms with Crippen molar-refractivity contribution in [1.82, 2.24) is 10.2 Å². The lowest BCUT2D eigenvalue weighted by Gasteiger charge is -2.33. The van der Waals surface area contributed by atoms with E-state index in [1.165, 1.54) is 19.2 Å². The zero-order valence-corrected chi connectivity index (χ0v) is 16.1. The fraction of sp³-hybridized carbons (Fsp3) is 0.318. The first-order valence-corrected chi connectivity index (χ1v) is 9.49. The van der Waals surface area contributed by atoms with Gasteiger partial charge in [-0.1, -0.05) is 42.5 Å². The SMILES string of the molecule is CCOC(=O)[C@]1(c2ccccc2)N[C@H](c2ccc(F)cc2)[C@H]2C(=O)N(C)C(=O)[C@H]21. The van der Waals surface area contributed by atoms with Gasteiger partial charge in [-0.15, -0.1) is 0 Å². The van der Waals surface area contributed by atoms with Gasteiger partial charge in [0, 0.05) is 13.1 Å². The molecule has 0 spiro atoms. The van der Waals surface area contributed by atoms with E-state index in [4.69, 9.17) is 4.74 Å². The maximum Gasteiger partial charge on any atom is 0.331 e. The third-order valence-electron chi connectivity index (χ3n) is 5.84. The maximum atomic E-state index is 13.5. The summed E-state index contributed by atoms with van der Waals surface area (Å²) in [5.74, 6) is -3.59. The first kappa shape index (κ1) is 19.3. The largest absolute Gasteiger partial charge is 0.464 e. The van der Waals surface area contributed by atoms with Crippen LogP contribution in [0.2, 0.25) is 0 Å². The van der Waals surface area contributed by atoms with Crippen LogP contribution in [0.1, 0.15) is 24.1 Å². The first-order valence-electron chi connectivity index (χ1n) is 9.49. The average Bonchev–Trinajstić information content (AvgIpc) is 3.20. The number of nitrogens with one attached hydrogen (secondary N) is 1. The van der Waals surface area contributed by atoms with Crippen molar-refractivity contribution in [2.45, 2.75) is 18.5 Å². The van der Waals surface area contributed by atoms with Crippen molar-refractivity contribution in [3.8, 4) is 0 Å². The molecule has 4 rings (SSSR count). The second-order valence-electron chi connectivity index (χ2n) is 7.31. The summed E-state index contributed by atoms with van der Waals surface area (Å²) in [4.78, 5) is 40.5. The minimum Gasteiger partial charge on any atom is -0.464 e. The van der Waals surface area contributed by atoms with Crippen LogP contribution in [0.15, 0.2) is 54.6 Å². The molecule has 2 aromatic carbocycles. The van der Waals surface area contributed by atoms with Gasteiger partial charge in [0.1, 0.15) is 5.82 Å². The van der Waals surface area contributed by atoms with E-state index in [1.54, 1.807) is 49.4 Å². The first-order chi connectivity index (χ1) is 13.9. The Balaban J connectivity index is 1.93. The average molecular weight is 396 g/mol. The smallest absolute Gasteiger partial charge is 0.331 e. The number of rotatable bonds is 4. The summed E-state index contributed by atoms with van der Waals surface area (Å²) in [7, 11) is 1.42. The van der Waals surface area contributed by atoms with Crippen molar-refractivity contribution < 1.29 is 23.5 Å². The molecule has 0 radical (unpaired) electrons. The van der Waals surface area contributed by atoms with E-state index in [0.717, 1.165) is 4.90 Å². The molecule has 0 aliphatic carbocycles. The Hall–Kier alpha value is -3.06. The molecule has 0 bridgehead atoms. The molecule has 0 saturated carbocycles. The van der Waals surface area contributed by atoms with Crippen molar-refractivity contribution in [3.05, 3.63) is 71.5 Å². The third-order valence-corrected chi connectivity index (χ3v) is 5.84. The van der Waals surface area contributed by atoms with Crippen LogP contribution in [-0.2, 0) is 24.7 Å². The standard InChI is InChI=1S/C22H21FN2O4/c1-3-29-21(28)22(14-7-5-4-6-8-14)17-16(19(26)25(2)20(17)27)18(24-22)13-9-11-15(23)12-10-13/h4-12,16-18,24H,3H2,1-2H3/t16-,17-,18+,22+/m0/s1. The highest BCUT2D eigenvalue weighted by Gasteiger charge is 2.69. The van der Waals surface area contributed by atoms with E-state index < -0.39 is 41.1 Å². The molecule has 2 heterocycles. The topological polar surface area (TPSA) is 75.7 Å². The molecule has 0 unspecified atom stereocenters. The Morgan fingerprint density at radius 2 is 1.76 bits per heavy atom. The molecule has 2 saturated heterocycles. The lowest BCUT2D eigenvalue weighted by atomic mass is 9.75. The Labute approximate surface area is 167 Å². The molecule has 6 nitrogen and oxygen atoms in total. The number of hydrogen-bond acceptors (Lipinski definition) is 5. The van der Waals surface area contributed by atoms with Crippen molar-refractivity contribution in [3.63, 3.8) is 0 Å². The van der Waals surface area contributed by atoms with Gasteiger partial charge in [-0.25, -0.2) is 9.18 Å². The second kappa shape index (κ2) is 7.08. The molecule has 0 aromatic heterocycles. The van der Waals surface area contributed by atoms with Crippen molar-refractivity contribution in [2.24, 2.45) is 11.8 Å². The Morgan fingerprint density at radius 3 is 2.38 bits per heavy atom. The van der Waals surface area contributed by atoms with Crippen LogP contribution in [0.3, 0.4) is 0 Å². The summed E-state index contributed by atoms with van der Waals surface area (Å²) in [6, 6.07) is 13.9. The number of likely N-dealkylation sites (tertiary alicyclic amines) is 1. The van der Waals surface area contributed by atoms with E-state index in [2.05, 4.69) is 5.32 Å². The van der Waals surface area contributed by atoms with Crippen molar-refractivity contribution in [2.75, 3.05) is 13.7 Å². The number of amides is 2. The van der Waals surface area contributed by atoms with Gasteiger partial charge < -0.3 is 4.74 Å². The Kier molecular flexibility index (Phi) is 4.70. The van der Waals surface area contributed by atoms with Gasteiger partial charge in [-0.3, -0.25) is 19.8 Å². The molecule has 2 aromatic rings. The summed E-state index contributed by atoms with van der Waals surface area (Å²) in [5, 5.41) is 3.26. The van der Waals surface area contributed by atoms with Crippen LogP contribution in [0.5, 0.6) is 0 Å². The van der Waals surface area contributed by atoms with Gasteiger partial charge in [-0.2, -0.15) is 0 Å². The highest BCUT2D eigenvalue weighted by Crippen LogP contribution is 2.53. The Bertz CT molecular complexity index is 963. The second-order valence-corrected chi connectivity index (χ2v) is 7.31. The van der Waals surface area contributed by atoms with Crippen LogP contribution in [0, 0.1) is 17.7 Å². The summed E-state index contributed by atoms with van der Waals surface area (Å²) in [6.45, 7) is 1.82. The van der Waals surface area contributed by atoms with Crippen LogP contribution in [0.4, 0.5) is 4.39 Å². The van der Waals surface area contributed by atoms with Gasteiger partial charge in [0.2, 0.25) is 11.8 Å². The fourth-order valence-corrected chi connectivity index (χ4v) is 4.52. The van der Waals surface area contributed by atoms with Gasteiger partial charge in [0.15, 0.2) is 5.54 Å². The summed E-state index contributed by atoms with van der Waals surface area (Å²) < 4.78 is 18.8.